The number of nitrogens with zero attached hydrogens (tertiary/aromatic N) is 4. The highest BCUT2D eigenvalue weighted by molar-refractivity contribution is 7.13. The number of rotatable bonds is 6. The minimum Gasteiger partial charge on any atom is -0.390 e. The topological polar surface area (TPSA) is 92.9 Å². The number of hydrogen-bond donors (Lipinski definition) is 2. The van der Waals surface area contributed by atoms with Crippen LogP contribution in [-0.2, 0) is 11.3 Å². The molecule has 0 bridgehead atoms. The second-order valence-corrected chi connectivity index (χ2v) is 4.86. The van der Waals surface area contributed by atoms with E-state index in [4.69, 9.17) is 5.11 Å². The maximum Gasteiger partial charge on any atom is 0.287 e. The molecule has 0 saturated carbocycles. The lowest BCUT2D eigenvalue weighted by molar-refractivity contribution is -0.125. The Bertz CT molecular complexity index is 572. The van der Waals surface area contributed by atoms with Crippen LogP contribution in [0.4, 0.5) is 8.78 Å². The van der Waals surface area contributed by atoms with Gasteiger partial charge in [0.1, 0.15) is 13.2 Å². The SMILES string of the molecule is O=C(Cn1nnc(-c2cccs2)n1)NCC(F)(F)CO. The van der Waals surface area contributed by atoms with E-state index in [0.29, 0.717) is 5.82 Å². The molecule has 2 aromatic rings. The maximum atomic E-state index is 12.7. The first-order valence-electron chi connectivity index (χ1n) is 5.57. The van der Waals surface area contributed by atoms with Crippen molar-refractivity contribution in [2.24, 2.45) is 0 Å². The number of aromatic nitrogens is 4. The summed E-state index contributed by atoms with van der Waals surface area (Å²) in [7, 11) is 0. The van der Waals surface area contributed by atoms with E-state index in [1.165, 1.54) is 11.3 Å². The highest BCUT2D eigenvalue weighted by Gasteiger charge is 2.28. The molecule has 0 aliphatic rings. The van der Waals surface area contributed by atoms with Crippen LogP contribution < -0.4 is 5.32 Å². The monoisotopic (exact) mass is 303 g/mol. The fourth-order valence-electron chi connectivity index (χ4n) is 1.28. The molecule has 0 saturated heterocycles. The zero-order chi connectivity index (χ0) is 14.6. The van der Waals surface area contributed by atoms with E-state index in [2.05, 4.69) is 15.4 Å². The van der Waals surface area contributed by atoms with Crippen LogP contribution in [0.15, 0.2) is 17.5 Å². The third-order valence-corrected chi connectivity index (χ3v) is 3.12. The summed E-state index contributed by atoms with van der Waals surface area (Å²) in [6, 6.07) is 3.62. The van der Waals surface area contributed by atoms with Crippen molar-refractivity contribution in [3.8, 4) is 10.7 Å². The van der Waals surface area contributed by atoms with Crippen molar-refractivity contribution in [3.05, 3.63) is 17.5 Å². The zero-order valence-electron chi connectivity index (χ0n) is 10.2. The number of hydrogen-bond acceptors (Lipinski definition) is 6. The van der Waals surface area contributed by atoms with Gasteiger partial charge < -0.3 is 10.4 Å². The van der Waals surface area contributed by atoms with Gasteiger partial charge in [-0.1, -0.05) is 6.07 Å². The molecule has 108 valence electrons. The lowest BCUT2D eigenvalue weighted by Gasteiger charge is -2.13. The van der Waals surface area contributed by atoms with Gasteiger partial charge in [0, 0.05) is 0 Å². The Labute approximate surface area is 116 Å². The Balaban J connectivity index is 1.89. The number of carbonyl (C=O) groups is 1. The Morgan fingerprint density at radius 1 is 1.55 bits per heavy atom. The van der Waals surface area contributed by atoms with Crippen molar-refractivity contribution < 1.29 is 18.7 Å². The van der Waals surface area contributed by atoms with Crippen LogP contribution in [0, 0.1) is 0 Å². The molecule has 2 heterocycles. The van der Waals surface area contributed by atoms with Crippen LogP contribution in [0.25, 0.3) is 10.7 Å². The summed E-state index contributed by atoms with van der Waals surface area (Å²) in [5, 5.41) is 23.6. The summed E-state index contributed by atoms with van der Waals surface area (Å²) in [6.45, 7) is -2.58. The Kier molecular flexibility index (Phi) is 4.35. The standard InChI is InChI=1S/C10H11F2N5O2S/c11-10(12,6-18)5-13-8(19)4-17-15-9(14-16-17)7-2-1-3-20-7/h1-3,18H,4-6H2,(H,13,19). The van der Waals surface area contributed by atoms with E-state index in [-0.39, 0.29) is 6.54 Å². The quantitative estimate of drug-likeness (QED) is 0.792. The van der Waals surface area contributed by atoms with Gasteiger partial charge in [0.05, 0.1) is 11.4 Å². The molecular formula is C10H11F2N5O2S. The van der Waals surface area contributed by atoms with Gasteiger partial charge in [-0.2, -0.15) is 4.80 Å². The van der Waals surface area contributed by atoms with Crippen LogP contribution in [0.3, 0.4) is 0 Å². The molecule has 0 aliphatic carbocycles. The number of aliphatic hydroxyl groups is 1. The molecule has 0 atom stereocenters. The Morgan fingerprint density at radius 3 is 3.00 bits per heavy atom. The van der Waals surface area contributed by atoms with Gasteiger partial charge in [0.2, 0.25) is 11.7 Å². The molecule has 20 heavy (non-hydrogen) atoms. The molecule has 0 spiro atoms. The van der Waals surface area contributed by atoms with Crippen LogP contribution in [-0.4, -0.2) is 50.3 Å². The summed E-state index contributed by atoms with van der Waals surface area (Å²) in [4.78, 5) is 13.2. The molecule has 1 amide bonds. The number of aliphatic hydroxyl groups excluding tert-OH is 1. The normalized spacial score (nSPS) is 11.6. The van der Waals surface area contributed by atoms with Crippen LogP contribution in [0.5, 0.6) is 0 Å². The van der Waals surface area contributed by atoms with E-state index < -0.39 is 25.0 Å². The highest BCUT2D eigenvalue weighted by atomic mass is 32.1. The number of halogens is 2. The predicted octanol–water partition coefficient (Wildman–Crippen LogP) is 0.145. The Morgan fingerprint density at radius 2 is 2.35 bits per heavy atom. The number of thiophene rings is 1. The average molecular weight is 303 g/mol. The largest absolute Gasteiger partial charge is 0.390 e. The van der Waals surface area contributed by atoms with Crippen molar-refractivity contribution >= 4 is 17.2 Å². The summed E-state index contributed by atoms with van der Waals surface area (Å²) < 4.78 is 25.5. The molecule has 0 fully saturated rings. The molecule has 2 aromatic heterocycles. The van der Waals surface area contributed by atoms with Gasteiger partial charge >= 0.3 is 0 Å². The van der Waals surface area contributed by atoms with Crippen molar-refractivity contribution in [3.63, 3.8) is 0 Å². The van der Waals surface area contributed by atoms with Gasteiger partial charge in [-0.15, -0.1) is 21.5 Å². The summed E-state index contributed by atoms with van der Waals surface area (Å²) >= 11 is 1.42. The fourth-order valence-corrected chi connectivity index (χ4v) is 1.93. The van der Waals surface area contributed by atoms with E-state index >= 15 is 0 Å². The summed E-state index contributed by atoms with van der Waals surface area (Å²) in [5.41, 5.74) is 0. The third kappa shape index (κ3) is 3.78. The summed E-state index contributed by atoms with van der Waals surface area (Å²) in [6.07, 6.45) is 0. The fraction of sp³-hybridized carbons (Fsp3) is 0.400. The molecule has 2 N–H and O–H groups in total. The minimum atomic E-state index is -3.34. The van der Waals surface area contributed by atoms with Crippen molar-refractivity contribution in [1.29, 1.82) is 0 Å². The first kappa shape index (κ1) is 14.5. The lowest BCUT2D eigenvalue weighted by atomic mass is 10.3. The zero-order valence-corrected chi connectivity index (χ0v) is 11.0. The molecule has 0 aliphatic heterocycles. The first-order valence-corrected chi connectivity index (χ1v) is 6.45. The van der Waals surface area contributed by atoms with Gasteiger partial charge in [-0.25, -0.2) is 8.78 Å². The minimum absolute atomic E-state index is 0.320. The van der Waals surface area contributed by atoms with Crippen LogP contribution in [0.1, 0.15) is 0 Å². The maximum absolute atomic E-state index is 12.7. The molecular weight excluding hydrogens is 292 g/mol. The molecule has 10 heteroatoms. The number of nitrogens with one attached hydrogen (secondary N) is 1. The van der Waals surface area contributed by atoms with Gasteiger partial charge in [-0.05, 0) is 16.7 Å². The number of amides is 1. The molecule has 0 unspecified atom stereocenters. The highest BCUT2D eigenvalue weighted by Crippen LogP contribution is 2.19. The second-order valence-electron chi connectivity index (χ2n) is 3.91. The van der Waals surface area contributed by atoms with Crippen molar-refractivity contribution in [2.75, 3.05) is 13.2 Å². The van der Waals surface area contributed by atoms with E-state index in [0.717, 1.165) is 9.67 Å². The predicted molar refractivity (Wildman–Crippen MR) is 66.2 cm³/mol. The molecule has 2 rings (SSSR count). The van der Waals surface area contributed by atoms with Crippen molar-refractivity contribution in [1.82, 2.24) is 25.5 Å². The average Bonchev–Trinajstić information content (AvgIpc) is 3.07. The van der Waals surface area contributed by atoms with E-state index in [9.17, 15) is 13.6 Å². The van der Waals surface area contributed by atoms with E-state index in [1.807, 2.05) is 16.8 Å². The number of carbonyl (C=O) groups excluding carboxylic acids is 1. The number of alkyl halides is 2. The van der Waals surface area contributed by atoms with Gasteiger partial charge in [0.25, 0.3) is 5.92 Å². The lowest BCUT2D eigenvalue weighted by Crippen LogP contribution is -2.40. The number of tetrazole rings is 1. The van der Waals surface area contributed by atoms with Crippen LogP contribution >= 0.6 is 11.3 Å². The molecule has 0 aromatic carbocycles. The molecule has 0 radical (unpaired) electrons. The van der Waals surface area contributed by atoms with Crippen LogP contribution in [0.2, 0.25) is 0 Å². The van der Waals surface area contributed by atoms with E-state index in [1.54, 1.807) is 6.07 Å². The molecule has 7 nitrogen and oxygen atoms in total. The second kappa shape index (κ2) is 6.01. The van der Waals surface area contributed by atoms with Crippen molar-refractivity contribution in [2.45, 2.75) is 12.5 Å². The first-order chi connectivity index (χ1) is 9.50. The Hall–Kier alpha value is -1.94. The van der Waals surface area contributed by atoms with Gasteiger partial charge in [-0.3, -0.25) is 4.79 Å². The summed E-state index contributed by atoms with van der Waals surface area (Å²) in [5.74, 6) is -3.66. The third-order valence-electron chi connectivity index (χ3n) is 2.25. The van der Waals surface area contributed by atoms with Gasteiger partial charge in [0.15, 0.2) is 0 Å². The smallest absolute Gasteiger partial charge is 0.287 e.